The minimum Gasteiger partial charge on any atom is -0.507 e. The number of amides is 1. The molecule has 27 heavy (non-hydrogen) atoms. The highest BCUT2D eigenvalue weighted by Gasteiger charge is 2.28. The van der Waals surface area contributed by atoms with Crippen molar-refractivity contribution in [3.63, 3.8) is 0 Å². The summed E-state index contributed by atoms with van der Waals surface area (Å²) in [5, 5.41) is 13.5. The SMILES string of the molecule is O=C(CO/N=C/c1ccccc1O)N1c2ccccc2Oc2ccccc21. The molecule has 0 atom stereocenters. The molecule has 1 aliphatic rings. The van der Waals surface area contributed by atoms with Gasteiger partial charge in [-0.15, -0.1) is 0 Å². The number of phenolic OH excluding ortho intramolecular Hbond substituents is 1. The lowest BCUT2D eigenvalue weighted by molar-refractivity contribution is -0.122. The zero-order chi connectivity index (χ0) is 18.6. The number of carbonyl (C=O) groups excluding carboxylic acids is 1. The monoisotopic (exact) mass is 360 g/mol. The second-order valence-corrected chi connectivity index (χ2v) is 5.83. The van der Waals surface area contributed by atoms with Crippen LogP contribution in [0.25, 0.3) is 0 Å². The molecule has 1 aliphatic heterocycles. The molecule has 3 aromatic carbocycles. The van der Waals surface area contributed by atoms with Crippen molar-refractivity contribution in [3.05, 3.63) is 78.4 Å². The van der Waals surface area contributed by atoms with Crippen LogP contribution in [0.4, 0.5) is 11.4 Å². The maximum Gasteiger partial charge on any atom is 0.272 e. The first kappa shape index (κ1) is 16.7. The van der Waals surface area contributed by atoms with Crippen molar-refractivity contribution in [2.24, 2.45) is 5.16 Å². The van der Waals surface area contributed by atoms with Crippen molar-refractivity contribution < 1.29 is 19.5 Å². The molecule has 0 unspecified atom stereocenters. The van der Waals surface area contributed by atoms with E-state index in [-0.39, 0.29) is 18.3 Å². The van der Waals surface area contributed by atoms with Gasteiger partial charge in [0.1, 0.15) is 5.75 Å². The fourth-order valence-electron chi connectivity index (χ4n) is 2.82. The molecule has 1 amide bonds. The van der Waals surface area contributed by atoms with Gasteiger partial charge in [0, 0.05) is 5.56 Å². The fraction of sp³-hybridized carbons (Fsp3) is 0.0476. The van der Waals surface area contributed by atoms with Crippen molar-refractivity contribution in [1.82, 2.24) is 0 Å². The van der Waals surface area contributed by atoms with Crippen LogP contribution in [0, 0.1) is 0 Å². The van der Waals surface area contributed by atoms with Gasteiger partial charge in [0.25, 0.3) is 5.91 Å². The first-order valence-corrected chi connectivity index (χ1v) is 8.36. The predicted molar refractivity (Wildman–Crippen MR) is 102 cm³/mol. The van der Waals surface area contributed by atoms with E-state index in [4.69, 9.17) is 9.57 Å². The summed E-state index contributed by atoms with van der Waals surface area (Å²) in [4.78, 5) is 19.5. The highest BCUT2D eigenvalue weighted by atomic mass is 16.6. The molecule has 0 bridgehead atoms. The summed E-state index contributed by atoms with van der Waals surface area (Å²) < 4.78 is 5.86. The Balaban J connectivity index is 1.53. The van der Waals surface area contributed by atoms with Crippen LogP contribution in [0.5, 0.6) is 17.2 Å². The Morgan fingerprint density at radius 2 is 1.56 bits per heavy atom. The summed E-state index contributed by atoms with van der Waals surface area (Å²) in [6.07, 6.45) is 1.36. The third-order valence-corrected chi connectivity index (χ3v) is 4.07. The van der Waals surface area contributed by atoms with Gasteiger partial charge in [0.2, 0.25) is 0 Å². The van der Waals surface area contributed by atoms with Gasteiger partial charge in [0.15, 0.2) is 18.1 Å². The number of phenols is 1. The number of hydrogen-bond donors (Lipinski definition) is 1. The van der Waals surface area contributed by atoms with Gasteiger partial charge in [0.05, 0.1) is 17.6 Å². The van der Waals surface area contributed by atoms with Crippen molar-refractivity contribution in [3.8, 4) is 17.2 Å². The lowest BCUT2D eigenvalue weighted by atomic mass is 10.1. The molecule has 0 aromatic heterocycles. The summed E-state index contributed by atoms with van der Waals surface area (Å²) in [5.74, 6) is 1.00. The van der Waals surface area contributed by atoms with Crippen LogP contribution in [0.15, 0.2) is 78.0 Å². The molecule has 0 spiro atoms. The van der Waals surface area contributed by atoms with E-state index in [1.54, 1.807) is 29.2 Å². The lowest BCUT2D eigenvalue weighted by Gasteiger charge is -2.30. The number of anilines is 2. The van der Waals surface area contributed by atoms with E-state index in [1.165, 1.54) is 6.21 Å². The lowest BCUT2D eigenvalue weighted by Crippen LogP contribution is -2.31. The summed E-state index contributed by atoms with van der Waals surface area (Å²) in [6.45, 7) is -0.257. The Bertz CT molecular complexity index is 971. The maximum absolute atomic E-state index is 12.8. The van der Waals surface area contributed by atoms with Crippen molar-refractivity contribution in [1.29, 1.82) is 0 Å². The standard InChI is InChI=1S/C21H16N2O4/c24-18-10-4-1-7-15(18)13-22-26-14-21(25)23-16-8-2-5-11-19(16)27-20-12-6-3-9-17(20)23/h1-13,24H,14H2/b22-13+. The van der Waals surface area contributed by atoms with Crippen molar-refractivity contribution in [2.45, 2.75) is 0 Å². The maximum atomic E-state index is 12.8. The highest BCUT2D eigenvalue weighted by Crippen LogP contribution is 2.46. The van der Waals surface area contributed by atoms with Crippen LogP contribution in [-0.2, 0) is 9.63 Å². The molecule has 0 saturated heterocycles. The van der Waals surface area contributed by atoms with E-state index in [0.29, 0.717) is 28.4 Å². The van der Waals surface area contributed by atoms with Gasteiger partial charge in [-0.2, -0.15) is 0 Å². The average Bonchev–Trinajstić information content (AvgIpc) is 2.70. The first-order valence-electron chi connectivity index (χ1n) is 8.36. The minimum absolute atomic E-state index is 0.0900. The molecular formula is C21H16N2O4. The number of oxime groups is 1. The number of rotatable bonds is 4. The molecular weight excluding hydrogens is 344 g/mol. The molecule has 0 fully saturated rings. The number of carbonyl (C=O) groups is 1. The van der Waals surface area contributed by atoms with E-state index < -0.39 is 0 Å². The number of fused-ring (bicyclic) bond motifs is 2. The molecule has 0 aliphatic carbocycles. The predicted octanol–water partition coefficient (Wildman–Crippen LogP) is 4.21. The Kier molecular flexibility index (Phi) is 4.45. The number of para-hydroxylation sites is 5. The van der Waals surface area contributed by atoms with E-state index in [2.05, 4.69) is 5.16 Å². The van der Waals surface area contributed by atoms with Gasteiger partial charge in [-0.1, -0.05) is 41.6 Å². The van der Waals surface area contributed by atoms with Crippen LogP contribution >= 0.6 is 0 Å². The zero-order valence-corrected chi connectivity index (χ0v) is 14.3. The zero-order valence-electron chi connectivity index (χ0n) is 14.3. The molecule has 6 nitrogen and oxygen atoms in total. The Hall–Kier alpha value is -3.80. The van der Waals surface area contributed by atoms with Crippen LogP contribution in [0.3, 0.4) is 0 Å². The molecule has 3 aromatic rings. The van der Waals surface area contributed by atoms with Crippen molar-refractivity contribution >= 4 is 23.5 Å². The molecule has 4 rings (SSSR count). The molecule has 0 radical (unpaired) electrons. The normalized spacial score (nSPS) is 12.2. The average molecular weight is 360 g/mol. The number of nitrogens with zero attached hydrogens (tertiary/aromatic N) is 2. The Morgan fingerprint density at radius 3 is 2.22 bits per heavy atom. The van der Waals surface area contributed by atoms with Crippen LogP contribution in [-0.4, -0.2) is 23.8 Å². The summed E-state index contributed by atoms with van der Waals surface area (Å²) in [5.41, 5.74) is 1.80. The van der Waals surface area contributed by atoms with E-state index in [1.807, 2.05) is 48.5 Å². The molecule has 134 valence electrons. The third kappa shape index (κ3) is 3.32. The second-order valence-electron chi connectivity index (χ2n) is 5.83. The molecule has 1 heterocycles. The Morgan fingerprint density at radius 1 is 0.963 bits per heavy atom. The largest absolute Gasteiger partial charge is 0.507 e. The van der Waals surface area contributed by atoms with Gasteiger partial charge in [-0.3, -0.25) is 9.69 Å². The summed E-state index contributed by atoms with van der Waals surface area (Å²) in [7, 11) is 0. The van der Waals surface area contributed by atoms with Gasteiger partial charge in [-0.05, 0) is 36.4 Å². The highest BCUT2D eigenvalue weighted by molar-refractivity contribution is 6.05. The number of aromatic hydroxyl groups is 1. The number of benzene rings is 3. The molecule has 0 saturated carbocycles. The van der Waals surface area contributed by atoms with Crippen molar-refractivity contribution in [2.75, 3.05) is 11.5 Å². The first-order chi connectivity index (χ1) is 13.2. The van der Waals surface area contributed by atoms with E-state index in [0.717, 1.165) is 0 Å². The van der Waals surface area contributed by atoms with Crippen LogP contribution < -0.4 is 9.64 Å². The third-order valence-electron chi connectivity index (χ3n) is 4.07. The van der Waals surface area contributed by atoms with Crippen LogP contribution in [0.1, 0.15) is 5.56 Å². The van der Waals surface area contributed by atoms with Gasteiger partial charge < -0.3 is 14.7 Å². The Labute approximate surface area is 155 Å². The van der Waals surface area contributed by atoms with E-state index in [9.17, 15) is 9.90 Å². The van der Waals surface area contributed by atoms with E-state index >= 15 is 0 Å². The minimum atomic E-state index is -0.285. The molecule has 6 heteroatoms. The van der Waals surface area contributed by atoms with Gasteiger partial charge in [-0.25, -0.2) is 0 Å². The molecule has 1 N–H and O–H groups in total. The number of ether oxygens (including phenoxy) is 1. The smallest absolute Gasteiger partial charge is 0.272 e. The quantitative estimate of drug-likeness (QED) is 0.559. The van der Waals surface area contributed by atoms with Gasteiger partial charge >= 0.3 is 0 Å². The summed E-state index contributed by atoms with van der Waals surface area (Å²) >= 11 is 0. The summed E-state index contributed by atoms with van der Waals surface area (Å²) in [6, 6.07) is 21.4. The second kappa shape index (κ2) is 7.21. The number of hydrogen-bond acceptors (Lipinski definition) is 5. The van der Waals surface area contributed by atoms with Crippen LogP contribution in [0.2, 0.25) is 0 Å². The topological polar surface area (TPSA) is 71.4 Å². The fourth-order valence-corrected chi connectivity index (χ4v) is 2.82.